The summed E-state index contributed by atoms with van der Waals surface area (Å²) in [5.41, 5.74) is 7.45. The van der Waals surface area contributed by atoms with E-state index in [0.29, 0.717) is 11.3 Å². The molecule has 2 N–H and O–H groups in total. The topological polar surface area (TPSA) is 69.2 Å². The maximum atomic E-state index is 13.6. The standard InChI is InChI=1S/C11H10BrFN2O2/c12-8-4-7(10(14)6-2-1-3-6)5-9(13)11(8)15(16)17/h4-5H,1-3,14H2. The van der Waals surface area contributed by atoms with E-state index in [4.69, 9.17) is 5.73 Å². The van der Waals surface area contributed by atoms with E-state index in [9.17, 15) is 14.5 Å². The monoisotopic (exact) mass is 300 g/mol. The van der Waals surface area contributed by atoms with E-state index in [1.54, 1.807) is 0 Å². The first-order valence-corrected chi connectivity index (χ1v) is 5.91. The van der Waals surface area contributed by atoms with E-state index in [-0.39, 0.29) is 4.47 Å². The first-order valence-electron chi connectivity index (χ1n) is 5.12. The molecule has 2 rings (SSSR count). The molecule has 0 bridgehead atoms. The third-order valence-corrected chi connectivity index (χ3v) is 3.45. The van der Waals surface area contributed by atoms with Crippen molar-refractivity contribution in [1.82, 2.24) is 0 Å². The molecule has 0 aliphatic heterocycles. The Balaban J connectivity index is 2.49. The van der Waals surface area contributed by atoms with Crippen molar-refractivity contribution in [2.24, 2.45) is 5.73 Å². The summed E-state index contributed by atoms with van der Waals surface area (Å²) in [5.74, 6) is -0.873. The average Bonchev–Trinajstić information content (AvgIpc) is 2.12. The zero-order chi connectivity index (χ0) is 12.6. The van der Waals surface area contributed by atoms with Crippen LogP contribution in [0.4, 0.5) is 10.1 Å². The van der Waals surface area contributed by atoms with Gasteiger partial charge in [0.25, 0.3) is 0 Å². The van der Waals surface area contributed by atoms with Crippen molar-refractivity contribution >= 4 is 27.3 Å². The fourth-order valence-electron chi connectivity index (χ4n) is 1.72. The molecule has 4 nitrogen and oxygen atoms in total. The molecule has 0 amide bonds. The zero-order valence-corrected chi connectivity index (χ0v) is 10.5. The minimum atomic E-state index is -0.873. The number of nitrogens with two attached hydrogens (primary N) is 1. The van der Waals surface area contributed by atoms with Crippen molar-refractivity contribution in [3.05, 3.63) is 43.7 Å². The van der Waals surface area contributed by atoms with E-state index < -0.39 is 16.4 Å². The van der Waals surface area contributed by atoms with Crippen LogP contribution in [0.15, 0.2) is 22.2 Å². The van der Waals surface area contributed by atoms with Crippen molar-refractivity contribution in [3.63, 3.8) is 0 Å². The van der Waals surface area contributed by atoms with Gasteiger partial charge >= 0.3 is 5.69 Å². The fraction of sp³-hybridized carbons (Fsp3) is 0.273. The van der Waals surface area contributed by atoms with Gasteiger partial charge in [0, 0.05) is 11.3 Å². The van der Waals surface area contributed by atoms with Gasteiger partial charge in [-0.25, -0.2) is 0 Å². The van der Waals surface area contributed by atoms with Crippen molar-refractivity contribution in [2.45, 2.75) is 19.3 Å². The summed E-state index contributed by atoms with van der Waals surface area (Å²) in [6.07, 6.45) is 2.93. The summed E-state index contributed by atoms with van der Waals surface area (Å²) >= 11 is 3.00. The Morgan fingerprint density at radius 3 is 2.53 bits per heavy atom. The first kappa shape index (κ1) is 12.0. The van der Waals surface area contributed by atoms with Gasteiger partial charge < -0.3 is 5.73 Å². The lowest BCUT2D eigenvalue weighted by Gasteiger charge is -2.19. The van der Waals surface area contributed by atoms with Gasteiger partial charge in [0.2, 0.25) is 5.82 Å². The number of nitro benzene ring substituents is 1. The summed E-state index contributed by atoms with van der Waals surface area (Å²) in [6, 6.07) is 2.60. The molecule has 0 unspecified atom stereocenters. The highest BCUT2D eigenvalue weighted by molar-refractivity contribution is 9.10. The summed E-state index contributed by atoms with van der Waals surface area (Å²) in [4.78, 5) is 9.86. The Morgan fingerprint density at radius 1 is 1.47 bits per heavy atom. The number of hydrogen-bond acceptors (Lipinski definition) is 3. The second-order valence-corrected chi connectivity index (χ2v) is 4.77. The lowest BCUT2D eigenvalue weighted by atomic mass is 9.88. The lowest BCUT2D eigenvalue weighted by molar-refractivity contribution is -0.388. The van der Waals surface area contributed by atoms with E-state index in [2.05, 4.69) is 15.9 Å². The molecule has 1 fully saturated rings. The van der Waals surface area contributed by atoms with Gasteiger partial charge in [0.15, 0.2) is 0 Å². The van der Waals surface area contributed by atoms with Crippen molar-refractivity contribution in [3.8, 4) is 0 Å². The van der Waals surface area contributed by atoms with Gasteiger partial charge in [-0.2, -0.15) is 4.39 Å². The van der Waals surface area contributed by atoms with Gasteiger partial charge in [-0.1, -0.05) is 0 Å². The molecule has 0 aromatic heterocycles. The third-order valence-electron chi connectivity index (χ3n) is 2.85. The third kappa shape index (κ3) is 2.17. The maximum absolute atomic E-state index is 13.6. The Morgan fingerprint density at radius 2 is 2.12 bits per heavy atom. The molecule has 0 radical (unpaired) electrons. The first-order chi connectivity index (χ1) is 8.00. The molecule has 6 heteroatoms. The molecule has 0 atom stereocenters. The normalized spacial score (nSPS) is 14.4. The van der Waals surface area contributed by atoms with Crippen molar-refractivity contribution in [1.29, 1.82) is 0 Å². The molecule has 1 aliphatic rings. The lowest BCUT2D eigenvalue weighted by Crippen LogP contribution is -2.08. The number of allylic oxidation sites excluding steroid dienone is 1. The molecule has 1 aliphatic carbocycles. The quantitative estimate of drug-likeness (QED) is 0.672. The highest BCUT2D eigenvalue weighted by Crippen LogP contribution is 2.35. The Hall–Kier alpha value is -1.43. The number of rotatable bonds is 2. The van der Waals surface area contributed by atoms with Crippen LogP contribution in [-0.2, 0) is 0 Å². The van der Waals surface area contributed by atoms with Crippen LogP contribution in [0.1, 0.15) is 24.8 Å². The predicted molar refractivity (Wildman–Crippen MR) is 65.7 cm³/mol. The van der Waals surface area contributed by atoms with Crippen molar-refractivity contribution < 1.29 is 9.31 Å². The number of halogens is 2. The van der Waals surface area contributed by atoms with Crippen LogP contribution >= 0.6 is 15.9 Å². The molecule has 1 aromatic carbocycles. The van der Waals surface area contributed by atoms with Crippen molar-refractivity contribution in [2.75, 3.05) is 0 Å². The molecule has 1 saturated carbocycles. The smallest absolute Gasteiger partial charge is 0.318 e. The Bertz CT molecular complexity index is 499. The van der Waals surface area contributed by atoms with Gasteiger partial charge in [-0.15, -0.1) is 0 Å². The largest absolute Gasteiger partial charge is 0.398 e. The summed E-state index contributed by atoms with van der Waals surface area (Å²) in [7, 11) is 0. The SMILES string of the molecule is NC(=C1CCC1)c1cc(F)c([N+](=O)[O-])c(Br)c1. The Kier molecular flexibility index (Phi) is 3.15. The van der Waals surface area contributed by atoms with Gasteiger partial charge in [0.1, 0.15) is 0 Å². The summed E-state index contributed by atoms with van der Waals surface area (Å²) < 4.78 is 13.7. The summed E-state index contributed by atoms with van der Waals surface area (Å²) in [5, 5.41) is 10.6. The molecule has 0 heterocycles. The van der Waals surface area contributed by atoms with Gasteiger partial charge in [-0.05, 0) is 52.9 Å². The maximum Gasteiger partial charge on any atom is 0.318 e. The minimum Gasteiger partial charge on any atom is -0.398 e. The number of nitro groups is 1. The fourth-order valence-corrected chi connectivity index (χ4v) is 2.30. The molecule has 0 saturated heterocycles. The molecule has 1 aromatic rings. The number of hydrogen-bond donors (Lipinski definition) is 1. The van der Waals surface area contributed by atoms with Crippen LogP contribution in [0, 0.1) is 15.9 Å². The highest BCUT2D eigenvalue weighted by atomic mass is 79.9. The van der Waals surface area contributed by atoms with E-state index in [1.807, 2.05) is 0 Å². The van der Waals surface area contributed by atoms with Crippen LogP contribution in [0.2, 0.25) is 0 Å². The molecule has 17 heavy (non-hydrogen) atoms. The predicted octanol–water partition coefficient (Wildman–Crippen LogP) is 3.35. The zero-order valence-electron chi connectivity index (χ0n) is 8.87. The van der Waals surface area contributed by atoms with Gasteiger partial charge in [0.05, 0.1) is 9.40 Å². The molecule has 0 spiro atoms. The second kappa shape index (κ2) is 4.44. The number of nitrogens with zero attached hydrogens (tertiary/aromatic N) is 1. The van der Waals surface area contributed by atoms with Crippen LogP contribution in [0.3, 0.4) is 0 Å². The molecular weight excluding hydrogens is 291 g/mol. The Labute approximate surface area is 106 Å². The van der Waals surface area contributed by atoms with E-state index >= 15 is 0 Å². The van der Waals surface area contributed by atoms with Crippen LogP contribution in [-0.4, -0.2) is 4.92 Å². The van der Waals surface area contributed by atoms with E-state index in [1.165, 1.54) is 6.07 Å². The van der Waals surface area contributed by atoms with Crippen LogP contribution in [0.25, 0.3) is 5.70 Å². The summed E-state index contributed by atoms with van der Waals surface area (Å²) in [6.45, 7) is 0. The van der Waals surface area contributed by atoms with Crippen LogP contribution in [0.5, 0.6) is 0 Å². The minimum absolute atomic E-state index is 0.111. The average molecular weight is 301 g/mol. The molecular formula is C11H10BrFN2O2. The second-order valence-electron chi connectivity index (χ2n) is 3.92. The number of benzene rings is 1. The van der Waals surface area contributed by atoms with Crippen LogP contribution < -0.4 is 5.73 Å². The van der Waals surface area contributed by atoms with E-state index in [0.717, 1.165) is 30.9 Å². The van der Waals surface area contributed by atoms with Gasteiger partial charge in [-0.3, -0.25) is 10.1 Å². The molecule has 90 valence electrons. The highest BCUT2D eigenvalue weighted by Gasteiger charge is 2.22.